The van der Waals surface area contributed by atoms with E-state index in [1.807, 2.05) is 20.1 Å². The first-order valence-electron chi connectivity index (χ1n) is 5.88. The Morgan fingerprint density at radius 2 is 2.05 bits per heavy atom. The Kier molecular flexibility index (Phi) is 5.38. The van der Waals surface area contributed by atoms with Gasteiger partial charge in [0.2, 0.25) is 0 Å². The van der Waals surface area contributed by atoms with Gasteiger partial charge in [0, 0.05) is 11.3 Å². The van der Waals surface area contributed by atoms with E-state index in [9.17, 15) is 14.0 Å². The van der Waals surface area contributed by atoms with Gasteiger partial charge in [-0.15, -0.1) is 0 Å². The third kappa shape index (κ3) is 4.73. The highest BCUT2D eigenvalue weighted by molar-refractivity contribution is 7.99. The second kappa shape index (κ2) is 6.60. The van der Waals surface area contributed by atoms with Gasteiger partial charge in [-0.2, -0.15) is 11.8 Å². The van der Waals surface area contributed by atoms with Gasteiger partial charge >= 0.3 is 12.0 Å². The molecule has 0 aliphatic heterocycles. The van der Waals surface area contributed by atoms with Gasteiger partial charge in [-0.25, -0.2) is 14.0 Å². The van der Waals surface area contributed by atoms with Crippen molar-refractivity contribution in [3.05, 3.63) is 29.6 Å². The van der Waals surface area contributed by atoms with Gasteiger partial charge < -0.3 is 15.7 Å². The summed E-state index contributed by atoms with van der Waals surface area (Å²) < 4.78 is 12.9. The highest BCUT2D eigenvalue weighted by atomic mass is 32.2. The summed E-state index contributed by atoms with van der Waals surface area (Å²) in [4.78, 5) is 22.7. The zero-order chi connectivity index (χ0) is 15.3. The number of hydrogen-bond acceptors (Lipinski definition) is 3. The predicted octanol–water partition coefficient (Wildman–Crippen LogP) is 2.79. The van der Waals surface area contributed by atoms with Gasteiger partial charge in [0.1, 0.15) is 5.82 Å². The zero-order valence-corrected chi connectivity index (χ0v) is 12.3. The molecule has 0 spiro atoms. The highest BCUT2D eigenvalue weighted by Gasteiger charge is 2.18. The first kappa shape index (κ1) is 16.3. The fraction of sp³-hybridized carbons (Fsp3) is 0.385. The van der Waals surface area contributed by atoms with Crippen LogP contribution in [0.3, 0.4) is 0 Å². The Morgan fingerprint density at radius 1 is 1.40 bits per heavy atom. The molecule has 3 N–H and O–H groups in total. The second-order valence-electron chi connectivity index (χ2n) is 4.77. The fourth-order valence-electron chi connectivity index (χ4n) is 1.33. The molecule has 20 heavy (non-hydrogen) atoms. The van der Waals surface area contributed by atoms with Gasteiger partial charge in [0.25, 0.3) is 0 Å². The lowest BCUT2D eigenvalue weighted by Gasteiger charge is -2.22. The van der Waals surface area contributed by atoms with Crippen molar-refractivity contribution in [1.29, 1.82) is 0 Å². The average molecular weight is 300 g/mol. The fourth-order valence-corrected chi connectivity index (χ4v) is 1.55. The van der Waals surface area contributed by atoms with Crippen LogP contribution in [0.1, 0.15) is 24.2 Å². The number of rotatable bonds is 5. The van der Waals surface area contributed by atoms with Crippen LogP contribution >= 0.6 is 11.8 Å². The van der Waals surface area contributed by atoms with E-state index < -0.39 is 17.8 Å². The lowest BCUT2D eigenvalue weighted by molar-refractivity contribution is 0.0697. The topological polar surface area (TPSA) is 78.4 Å². The second-order valence-corrected chi connectivity index (χ2v) is 6.28. The number of carboxylic acids is 1. The molecule has 7 heteroatoms. The average Bonchev–Trinajstić information content (AvgIpc) is 2.38. The zero-order valence-electron chi connectivity index (χ0n) is 11.5. The van der Waals surface area contributed by atoms with Crippen LogP contribution in [0.15, 0.2) is 18.2 Å². The van der Waals surface area contributed by atoms with Crippen molar-refractivity contribution in [3.63, 3.8) is 0 Å². The molecule has 0 atom stereocenters. The minimum Gasteiger partial charge on any atom is -0.478 e. The first-order valence-corrected chi connectivity index (χ1v) is 7.10. The van der Waals surface area contributed by atoms with E-state index in [1.165, 1.54) is 6.07 Å². The van der Waals surface area contributed by atoms with E-state index >= 15 is 0 Å². The maximum absolute atomic E-state index is 13.0. The largest absolute Gasteiger partial charge is 0.478 e. The Balaban J connectivity index is 2.74. The van der Waals surface area contributed by atoms with Crippen LogP contribution in [0.2, 0.25) is 0 Å². The third-order valence-electron chi connectivity index (χ3n) is 2.69. The lowest BCUT2D eigenvalue weighted by Crippen LogP contribution is -2.38. The predicted molar refractivity (Wildman–Crippen MR) is 78.0 cm³/mol. The molecule has 0 saturated heterocycles. The third-order valence-corrected chi connectivity index (χ3v) is 3.94. The minimum absolute atomic E-state index is 0.0540. The van der Waals surface area contributed by atoms with Crippen LogP contribution < -0.4 is 10.6 Å². The van der Waals surface area contributed by atoms with E-state index in [4.69, 9.17) is 5.11 Å². The molecule has 5 nitrogen and oxygen atoms in total. The molecule has 0 aromatic heterocycles. The molecule has 1 rings (SSSR count). The number of hydrogen-bond donors (Lipinski definition) is 3. The SMILES string of the molecule is CSC(C)(C)CNC(=O)Nc1ccc(F)cc1C(=O)O. The Morgan fingerprint density at radius 3 is 2.60 bits per heavy atom. The summed E-state index contributed by atoms with van der Waals surface area (Å²) in [6.07, 6.45) is 1.93. The van der Waals surface area contributed by atoms with Crippen molar-refractivity contribution in [2.24, 2.45) is 0 Å². The van der Waals surface area contributed by atoms with Crippen LogP contribution in [0.4, 0.5) is 14.9 Å². The number of halogens is 1. The normalized spacial score (nSPS) is 11.0. The Hall–Kier alpha value is -1.76. The van der Waals surface area contributed by atoms with Crippen LogP contribution in [0.25, 0.3) is 0 Å². The van der Waals surface area contributed by atoms with Gasteiger partial charge in [0.15, 0.2) is 0 Å². The van der Waals surface area contributed by atoms with Crippen LogP contribution in [-0.4, -0.2) is 34.7 Å². The summed E-state index contributed by atoms with van der Waals surface area (Å²) in [7, 11) is 0. The van der Waals surface area contributed by atoms with Crippen molar-refractivity contribution >= 4 is 29.4 Å². The lowest BCUT2D eigenvalue weighted by atomic mass is 10.1. The molecule has 0 aliphatic rings. The molecule has 0 radical (unpaired) electrons. The smallest absolute Gasteiger partial charge is 0.337 e. The molecule has 0 fully saturated rings. The Bertz CT molecular complexity index is 520. The number of anilines is 1. The van der Waals surface area contributed by atoms with Crippen molar-refractivity contribution in [1.82, 2.24) is 5.32 Å². The van der Waals surface area contributed by atoms with E-state index in [0.29, 0.717) is 6.54 Å². The number of carbonyl (C=O) groups excluding carboxylic acids is 1. The quantitative estimate of drug-likeness (QED) is 0.781. The summed E-state index contributed by atoms with van der Waals surface area (Å²) in [6.45, 7) is 4.36. The van der Waals surface area contributed by atoms with Gasteiger partial charge in [-0.1, -0.05) is 0 Å². The molecule has 2 amide bonds. The number of aromatic carboxylic acids is 1. The highest BCUT2D eigenvalue weighted by Crippen LogP contribution is 2.20. The van der Waals surface area contributed by atoms with Gasteiger partial charge in [-0.05, 0) is 38.3 Å². The molecule has 1 aromatic rings. The standard InChI is InChI=1S/C13H17FN2O3S/c1-13(2,20-3)7-15-12(19)16-10-5-4-8(14)6-9(10)11(17)18/h4-6H,7H2,1-3H3,(H,17,18)(H2,15,16,19). The van der Waals surface area contributed by atoms with Crippen molar-refractivity contribution in [2.45, 2.75) is 18.6 Å². The van der Waals surface area contributed by atoms with Crippen molar-refractivity contribution in [2.75, 3.05) is 18.1 Å². The minimum atomic E-state index is -1.30. The van der Waals surface area contributed by atoms with Crippen LogP contribution in [0, 0.1) is 5.82 Å². The van der Waals surface area contributed by atoms with E-state index in [-0.39, 0.29) is 16.0 Å². The summed E-state index contributed by atoms with van der Waals surface area (Å²) in [5.74, 6) is -1.97. The van der Waals surface area contributed by atoms with Crippen molar-refractivity contribution < 1.29 is 19.1 Å². The van der Waals surface area contributed by atoms with Crippen molar-refractivity contribution in [3.8, 4) is 0 Å². The molecule has 110 valence electrons. The number of amides is 2. The number of urea groups is 1. The number of carboxylic acid groups (broad SMARTS) is 1. The van der Waals surface area contributed by atoms with Crippen LogP contribution in [0.5, 0.6) is 0 Å². The molecular weight excluding hydrogens is 283 g/mol. The molecule has 0 saturated carbocycles. The number of benzene rings is 1. The summed E-state index contributed by atoms with van der Waals surface area (Å²) >= 11 is 1.60. The molecule has 0 unspecified atom stereocenters. The number of carbonyl (C=O) groups is 2. The molecular formula is C13H17FN2O3S. The number of nitrogens with one attached hydrogen (secondary N) is 2. The van der Waals surface area contributed by atoms with E-state index in [2.05, 4.69) is 10.6 Å². The van der Waals surface area contributed by atoms with Crippen LogP contribution in [-0.2, 0) is 0 Å². The van der Waals surface area contributed by atoms with Gasteiger partial charge in [0.05, 0.1) is 11.3 Å². The van der Waals surface area contributed by atoms with Gasteiger partial charge in [-0.3, -0.25) is 0 Å². The maximum Gasteiger partial charge on any atom is 0.337 e. The monoisotopic (exact) mass is 300 g/mol. The first-order chi connectivity index (χ1) is 9.25. The van der Waals surface area contributed by atoms with E-state index in [0.717, 1.165) is 12.1 Å². The summed E-state index contributed by atoms with van der Waals surface area (Å²) in [6, 6.07) is 2.65. The molecule has 1 aromatic carbocycles. The summed E-state index contributed by atoms with van der Waals surface area (Å²) in [5.41, 5.74) is -0.234. The number of thioether (sulfide) groups is 1. The maximum atomic E-state index is 13.0. The van der Waals surface area contributed by atoms with E-state index in [1.54, 1.807) is 11.8 Å². The molecule has 0 heterocycles. The summed E-state index contributed by atoms with van der Waals surface area (Å²) in [5, 5.41) is 14.0. The molecule has 0 aliphatic carbocycles. The Labute approximate surface area is 120 Å². The molecule has 0 bridgehead atoms.